The monoisotopic (exact) mass is 351 g/mol. The molecule has 0 aliphatic heterocycles. The molecule has 0 aromatic carbocycles. The van der Waals surface area contributed by atoms with Crippen molar-refractivity contribution in [3.63, 3.8) is 0 Å². The molecule has 2 N–H and O–H groups in total. The predicted octanol–water partition coefficient (Wildman–Crippen LogP) is 2.95. The molecule has 3 heterocycles. The molecule has 1 amide bonds. The second kappa shape index (κ2) is 6.67. The Bertz CT molecular complexity index is 939. The molecule has 26 heavy (non-hydrogen) atoms. The van der Waals surface area contributed by atoms with E-state index in [0.29, 0.717) is 23.7 Å². The molecule has 1 aliphatic carbocycles. The molecule has 0 unspecified atom stereocenters. The molecule has 0 saturated heterocycles. The number of fused-ring (bicyclic) bond motifs is 3. The maximum Gasteiger partial charge on any atom is 0.259 e. The summed E-state index contributed by atoms with van der Waals surface area (Å²) in [7, 11) is 1.91. The van der Waals surface area contributed by atoms with Crippen LogP contribution in [0.15, 0.2) is 30.7 Å². The Morgan fingerprint density at radius 2 is 2.27 bits per heavy atom. The van der Waals surface area contributed by atoms with Crippen molar-refractivity contribution in [2.75, 3.05) is 11.9 Å². The fraction of sp³-hybridized carbons (Fsp3) is 0.316. The van der Waals surface area contributed by atoms with Crippen molar-refractivity contribution in [2.45, 2.75) is 26.2 Å². The maximum atomic E-state index is 12.8. The van der Waals surface area contributed by atoms with Gasteiger partial charge in [-0.05, 0) is 43.9 Å². The van der Waals surface area contributed by atoms with Crippen molar-refractivity contribution in [1.29, 1.82) is 0 Å². The number of hydrogen-bond acceptors (Lipinski definition) is 4. The van der Waals surface area contributed by atoms with E-state index < -0.39 is 0 Å². The van der Waals surface area contributed by atoms with Crippen LogP contribution in [-0.2, 0) is 19.9 Å². The highest BCUT2D eigenvalue weighted by Gasteiger charge is 2.25. The van der Waals surface area contributed by atoms with E-state index in [-0.39, 0.29) is 5.91 Å². The number of nitrogens with zero attached hydrogens (tertiary/aromatic N) is 3. The molecule has 0 bridgehead atoms. The average molecular weight is 351 g/mol. The second-order valence-electron chi connectivity index (χ2n) is 6.35. The number of ether oxygens (including phenoxy) is 1. The van der Waals surface area contributed by atoms with Crippen LogP contribution in [0.25, 0.3) is 11.3 Å². The largest absolute Gasteiger partial charge is 0.492 e. The van der Waals surface area contributed by atoms with Crippen LogP contribution in [0.1, 0.15) is 35.0 Å². The van der Waals surface area contributed by atoms with Crippen LogP contribution in [0.5, 0.6) is 5.75 Å². The van der Waals surface area contributed by atoms with Gasteiger partial charge in [-0.1, -0.05) is 0 Å². The summed E-state index contributed by atoms with van der Waals surface area (Å²) in [6, 6.07) is 3.53. The van der Waals surface area contributed by atoms with Gasteiger partial charge in [0.1, 0.15) is 11.6 Å². The zero-order chi connectivity index (χ0) is 18.1. The number of hydrogen-bond donors (Lipinski definition) is 2. The van der Waals surface area contributed by atoms with Gasteiger partial charge in [0.15, 0.2) is 0 Å². The maximum absolute atomic E-state index is 12.8. The molecule has 0 atom stereocenters. The zero-order valence-electron chi connectivity index (χ0n) is 14.9. The molecule has 3 aromatic heterocycles. The minimum Gasteiger partial charge on any atom is -0.492 e. The van der Waals surface area contributed by atoms with Crippen molar-refractivity contribution in [3.8, 4) is 17.0 Å². The van der Waals surface area contributed by atoms with Crippen LogP contribution in [0.4, 0.5) is 5.82 Å². The standard InChI is InChI=1S/C19H21N5O2/c1-3-26-13-7-8-16(21-9-13)22-19(25)14-10-20-15-6-4-5-12-11-24(2)23-18(12)17(14)15/h7-11,20H,3-6H2,1-2H3,(H,21,22,25). The first-order chi connectivity index (χ1) is 12.7. The van der Waals surface area contributed by atoms with Crippen molar-refractivity contribution in [2.24, 2.45) is 7.05 Å². The molecule has 7 heteroatoms. The first-order valence-corrected chi connectivity index (χ1v) is 8.79. The lowest BCUT2D eigenvalue weighted by Crippen LogP contribution is -2.13. The number of anilines is 1. The van der Waals surface area contributed by atoms with Gasteiger partial charge in [0, 0.05) is 30.7 Å². The van der Waals surface area contributed by atoms with E-state index in [1.807, 2.05) is 24.9 Å². The summed E-state index contributed by atoms with van der Waals surface area (Å²) >= 11 is 0. The molecular formula is C19H21N5O2. The van der Waals surface area contributed by atoms with Gasteiger partial charge >= 0.3 is 0 Å². The highest BCUT2D eigenvalue weighted by atomic mass is 16.5. The van der Waals surface area contributed by atoms with E-state index in [4.69, 9.17) is 4.74 Å². The minimum absolute atomic E-state index is 0.197. The molecular weight excluding hydrogens is 330 g/mol. The Balaban J connectivity index is 1.63. The van der Waals surface area contributed by atoms with Crippen LogP contribution in [-0.4, -0.2) is 32.3 Å². The van der Waals surface area contributed by atoms with E-state index in [0.717, 1.165) is 36.2 Å². The molecule has 0 radical (unpaired) electrons. The minimum atomic E-state index is -0.197. The molecule has 0 saturated carbocycles. The van der Waals surface area contributed by atoms with E-state index in [9.17, 15) is 4.79 Å². The summed E-state index contributed by atoms with van der Waals surface area (Å²) in [4.78, 5) is 20.3. The predicted molar refractivity (Wildman–Crippen MR) is 98.4 cm³/mol. The average Bonchev–Trinajstić information content (AvgIpc) is 3.16. The van der Waals surface area contributed by atoms with Gasteiger partial charge in [0.25, 0.3) is 5.91 Å². The number of nitrogens with one attached hydrogen (secondary N) is 2. The van der Waals surface area contributed by atoms with E-state index in [2.05, 4.69) is 20.4 Å². The van der Waals surface area contributed by atoms with Gasteiger partial charge in [-0.15, -0.1) is 0 Å². The Hall–Kier alpha value is -3.09. The normalized spacial score (nSPS) is 12.8. The van der Waals surface area contributed by atoms with Crippen molar-refractivity contribution >= 4 is 11.7 Å². The lowest BCUT2D eigenvalue weighted by atomic mass is 10.0. The molecule has 134 valence electrons. The lowest BCUT2D eigenvalue weighted by molar-refractivity contribution is 0.102. The van der Waals surface area contributed by atoms with Crippen molar-refractivity contribution in [3.05, 3.63) is 47.5 Å². The summed E-state index contributed by atoms with van der Waals surface area (Å²) in [6.45, 7) is 2.49. The number of H-pyrrole nitrogens is 1. The fourth-order valence-electron chi connectivity index (χ4n) is 3.39. The molecule has 1 aliphatic rings. The Morgan fingerprint density at radius 1 is 1.38 bits per heavy atom. The Labute approximate surface area is 151 Å². The number of carbonyl (C=O) groups excluding carboxylic acids is 1. The van der Waals surface area contributed by atoms with Gasteiger partial charge in [-0.3, -0.25) is 9.48 Å². The topological polar surface area (TPSA) is 84.8 Å². The van der Waals surface area contributed by atoms with Crippen LogP contribution in [0.2, 0.25) is 0 Å². The van der Waals surface area contributed by atoms with Gasteiger partial charge in [0.05, 0.1) is 24.1 Å². The fourth-order valence-corrected chi connectivity index (χ4v) is 3.39. The van der Waals surface area contributed by atoms with Crippen LogP contribution < -0.4 is 10.1 Å². The van der Waals surface area contributed by atoms with Gasteiger partial charge in [-0.25, -0.2) is 4.98 Å². The molecule has 0 fully saturated rings. The summed E-state index contributed by atoms with van der Waals surface area (Å²) in [5.41, 5.74) is 4.64. The lowest BCUT2D eigenvalue weighted by Gasteiger charge is -2.07. The van der Waals surface area contributed by atoms with Crippen LogP contribution in [0, 0.1) is 0 Å². The molecule has 0 spiro atoms. The Kier molecular flexibility index (Phi) is 4.20. The zero-order valence-corrected chi connectivity index (χ0v) is 14.9. The number of amides is 1. The third-order valence-corrected chi connectivity index (χ3v) is 4.51. The summed E-state index contributed by atoms with van der Waals surface area (Å²) in [5, 5.41) is 7.45. The highest BCUT2D eigenvalue weighted by molar-refractivity contribution is 6.08. The first-order valence-electron chi connectivity index (χ1n) is 8.79. The molecule has 4 rings (SSSR count). The number of rotatable bonds is 4. The second-order valence-corrected chi connectivity index (χ2v) is 6.35. The quantitative estimate of drug-likeness (QED) is 0.757. The first kappa shape index (κ1) is 16.4. The van der Waals surface area contributed by atoms with Crippen LogP contribution >= 0.6 is 0 Å². The van der Waals surface area contributed by atoms with Gasteiger partial charge in [0.2, 0.25) is 0 Å². The summed E-state index contributed by atoms with van der Waals surface area (Å²) in [6.07, 6.45) is 8.31. The van der Waals surface area contributed by atoms with E-state index in [1.54, 1.807) is 24.5 Å². The Morgan fingerprint density at radius 3 is 3.04 bits per heavy atom. The highest BCUT2D eigenvalue weighted by Crippen LogP contribution is 2.34. The van der Waals surface area contributed by atoms with Gasteiger partial charge < -0.3 is 15.0 Å². The van der Waals surface area contributed by atoms with Gasteiger partial charge in [-0.2, -0.15) is 5.10 Å². The number of aromatic amines is 1. The van der Waals surface area contributed by atoms with Crippen molar-refractivity contribution < 1.29 is 9.53 Å². The van der Waals surface area contributed by atoms with E-state index in [1.165, 1.54) is 5.56 Å². The number of carbonyl (C=O) groups is 1. The van der Waals surface area contributed by atoms with Crippen LogP contribution in [0.3, 0.4) is 0 Å². The third kappa shape index (κ3) is 2.96. The summed E-state index contributed by atoms with van der Waals surface area (Å²) in [5.74, 6) is 0.972. The van der Waals surface area contributed by atoms with Crippen molar-refractivity contribution in [1.82, 2.24) is 19.7 Å². The third-order valence-electron chi connectivity index (χ3n) is 4.51. The number of aryl methyl sites for hydroxylation is 3. The molecule has 3 aromatic rings. The molecule has 7 nitrogen and oxygen atoms in total. The summed E-state index contributed by atoms with van der Waals surface area (Å²) < 4.78 is 7.18. The van der Waals surface area contributed by atoms with E-state index >= 15 is 0 Å². The number of aromatic nitrogens is 4. The number of pyridine rings is 1. The smallest absolute Gasteiger partial charge is 0.259 e. The SMILES string of the molecule is CCOc1ccc(NC(=O)c2c[nH]c3c2-c2nn(C)cc2CCC3)nc1.